The summed E-state index contributed by atoms with van der Waals surface area (Å²) < 4.78 is 0. The van der Waals surface area contributed by atoms with Gasteiger partial charge in [0, 0.05) is 31.1 Å². The molecule has 4 rings (SSSR count). The average Bonchev–Trinajstić information content (AvgIpc) is 3.27. The van der Waals surface area contributed by atoms with Crippen molar-refractivity contribution in [1.29, 1.82) is 0 Å². The molecule has 1 aliphatic rings. The predicted octanol–water partition coefficient (Wildman–Crippen LogP) is 3.81. The normalized spacial score (nSPS) is 14.0. The average molecular weight is 431 g/mol. The van der Waals surface area contributed by atoms with Gasteiger partial charge in [-0.3, -0.25) is 14.8 Å². The number of hydroxylamine groups is 1. The van der Waals surface area contributed by atoms with Crippen molar-refractivity contribution in [3.8, 4) is 11.3 Å². The van der Waals surface area contributed by atoms with E-state index < -0.39 is 5.91 Å². The number of carbonyl (C=O) groups excluding carboxylic acids is 2. The number of likely N-dealkylation sites (tertiary alicyclic amines) is 1. The van der Waals surface area contributed by atoms with Crippen molar-refractivity contribution >= 4 is 17.9 Å². The second kappa shape index (κ2) is 10.1. The zero-order valence-corrected chi connectivity index (χ0v) is 17.8. The molecule has 0 unspecified atom stereocenters. The van der Waals surface area contributed by atoms with Crippen LogP contribution in [0.2, 0.25) is 0 Å². The van der Waals surface area contributed by atoms with Gasteiger partial charge in [-0.2, -0.15) is 0 Å². The highest BCUT2D eigenvalue weighted by Crippen LogP contribution is 2.25. The van der Waals surface area contributed by atoms with E-state index in [1.165, 1.54) is 6.08 Å². The highest BCUT2D eigenvalue weighted by atomic mass is 16.5. The predicted molar refractivity (Wildman–Crippen MR) is 122 cm³/mol. The molecule has 32 heavy (non-hydrogen) atoms. The number of carbonyl (C=O) groups is 2. The number of nitrogens with zero attached hydrogens (tertiary/aromatic N) is 2. The number of aromatic nitrogens is 2. The van der Waals surface area contributed by atoms with E-state index in [4.69, 9.17) is 10.2 Å². The molecule has 3 aromatic rings. The number of hydrogen-bond donors (Lipinski definition) is 3. The van der Waals surface area contributed by atoms with E-state index in [-0.39, 0.29) is 5.91 Å². The number of rotatable bonds is 6. The quantitative estimate of drug-likeness (QED) is 0.315. The van der Waals surface area contributed by atoms with E-state index in [0.29, 0.717) is 12.1 Å². The fourth-order valence-corrected chi connectivity index (χ4v) is 3.87. The first kappa shape index (κ1) is 21.5. The summed E-state index contributed by atoms with van der Waals surface area (Å²) in [4.78, 5) is 34.4. The van der Waals surface area contributed by atoms with Crippen molar-refractivity contribution < 1.29 is 14.8 Å². The van der Waals surface area contributed by atoms with Crippen molar-refractivity contribution in [2.45, 2.75) is 25.7 Å². The summed E-state index contributed by atoms with van der Waals surface area (Å²) in [6.07, 6.45) is 6.65. The van der Waals surface area contributed by atoms with E-state index in [1.54, 1.807) is 11.6 Å². The van der Waals surface area contributed by atoms with Crippen LogP contribution in [0.25, 0.3) is 17.3 Å². The van der Waals surface area contributed by atoms with Gasteiger partial charge in [0.15, 0.2) is 5.69 Å². The summed E-state index contributed by atoms with van der Waals surface area (Å²) in [7, 11) is 0. The number of hydrogen-bond acceptors (Lipinski definition) is 4. The lowest BCUT2D eigenvalue weighted by atomic mass is 10.1. The maximum atomic E-state index is 13.2. The first-order valence-electron chi connectivity index (χ1n) is 10.8. The van der Waals surface area contributed by atoms with Crippen LogP contribution in [0.5, 0.6) is 0 Å². The van der Waals surface area contributed by atoms with Crippen LogP contribution in [0.4, 0.5) is 0 Å². The fourth-order valence-electron chi connectivity index (χ4n) is 3.87. The summed E-state index contributed by atoms with van der Waals surface area (Å²) in [5.41, 5.74) is 5.60. The van der Waals surface area contributed by atoms with Crippen LogP contribution in [0.3, 0.4) is 0 Å². The molecule has 3 N–H and O–H groups in total. The van der Waals surface area contributed by atoms with Gasteiger partial charge in [-0.15, -0.1) is 0 Å². The molecular formula is C25H26N4O3. The van der Waals surface area contributed by atoms with E-state index in [1.807, 2.05) is 59.5 Å². The van der Waals surface area contributed by atoms with Crippen LogP contribution in [0.15, 0.2) is 60.7 Å². The molecule has 1 fully saturated rings. The highest BCUT2D eigenvalue weighted by Gasteiger charge is 2.25. The van der Waals surface area contributed by atoms with E-state index in [9.17, 15) is 9.59 Å². The number of amides is 2. The minimum absolute atomic E-state index is 0.0197. The van der Waals surface area contributed by atoms with Crippen LogP contribution in [-0.4, -0.2) is 45.0 Å². The first-order valence-corrected chi connectivity index (χ1v) is 10.8. The molecule has 0 saturated carbocycles. The van der Waals surface area contributed by atoms with Crippen molar-refractivity contribution in [3.63, 3.8) is 0 Å². The molecule has 0 spiro atoms. The topological polar surface area (TPSA) is 98.3 Å². The van der Waals surface area contributed by atoms with Crippen LogP contribution < -0.4 is 5.48 Å². The SMILES string of the molecule is O=C(/C=C/c1ccc(Cc2nc(C(=O)N3CCCCC3)c(-c3ccccc3)[nH]2)cc1)NO. The molecule has 0 aliphatic carbocycles. The Morgan fingerprint density at radius 3 is 2.44 bits per heavy atom. The third-order valence-electron chi connectivity index (χ3n) is 5.55. The van der Waals surface area contributed by atoms with Crippen molar-refractivity contribution in [2.75, 3.05) is 13.1 Å². The van der Waals surface area contributed by atoms with E-state index >= 15 is 0 Å². The van der Waals surface area contributed by atoms with Gasteiger partial charge in [0.05, 0.1) is 5.69 Å². The van der Waals surface area contributed by atoms with Crippen molar-refractivity contribution in [1.82, 2.24) is 20.3 Å². The largest absolute Gasteiger partial charge is 0.341 e. The molecule has 2 amide bonds. The van der Waals surface area contributed by atoms with E-state index in [2.05, 4.69) is 4.98 Å². The number of H-pyrrole nitrogens is 1. The molecule has 2 aromatic carbocycles. The van der Waals surface area contributed by atoms with Gasteiger partial charge in [0.1, 0.15) is 5.82 Å². The van der Waals surface area contributed by atoms with Crippen molar-refractivity contribution in [2.24, 2.45) is 0 Å². The maximum Gasteiger partial charge on any atom is 0.274 e. The van der Waals surface area contributed by atoms with Crippen LogP contribution in [0.1, 0.15) is 46.7 Å². The van der Waals surface area contributed by atoms with E-state index in [0.717, 1.165) is 60.6 Å². The third-order valence-corrected chi connectivity index (χ3v) is 5.55. The van der Waals surface area contributed by atoms with Crippen molar-refractivity contribution in [3.05, 3.63) is 83.3 Å². The summed E-state index contributed by atoms with van der Waals surface area (Å²) in [6.45, 7) is 1.55. The smallest absolute Gasteiger partial charge is 0.274 e. The molecule has 164 valence electrons. The molecule has 1 saturated heterocycles. The van der Waals surface area contributed by atoms with Gasteiger partial charge in [-0.05, 0) is 36.5 Å². The molecule has 1 aromatic heterocycles. The molecular weight excluding hydrogens is 404 g/mol. The third kappa shape index (κ3) is 5.12. The summed E-state index contributed by atoms with van der Waals surface area (Å²) in [6, 6.07) is 17.5. The van der Waals surface area contributed by atoms with Crippen LogP contribution in [0, 0.1) is 0 Å². The summed E-state index contributed by atoms with van der Waals surface area (Å²) in [5, 5.41) is 8.56. The van der Waals surface area contributed by atoms with Gasteiger partial charge in [0.25, 0.3) is 11.8 Å². The highest BCUT2D eigenvalue weighted by molar-refractivity contribution is 5.98. The number of benzene rings is 2. The monoisotopic (exact) mass is 430 g/mol. The Morgan fingerprint density at radius 2 is 1.75 bits per heavy atom. The standard InChI is InChI=1S/C25H26N4O3/c30-22(28-32)14-13-18-9-11-19(12-10-18)17-21-26-23(20-7-3-1-4-8-20)24(27-21)25(31)29-15-5-2-6-16-29/h1,3-4,7-14,32H,2,5-6,15-17H2,(H,26,27)(H,28,30)/b14-13+. The Balaban J connectivity index is 1.58. The minimum atomic E-state index is -0.580. The van der Waals surface area contributed by atoms with Gasteiger partial charge in [-0.25, -0.2) is 10.5 Å². The zero-order chi connectivity index (χ0) is 22.3. The molecule has 0 radical (unpaired) electrons. The second-order valence-corrected chi connectivity index (χ2v) is 7.85. The lowest BCUT2D eigenvalue weighted by Gasteiger charge is -2.26. The first-order chi connectivity index (χ1) is 15.6. The van der Waals surface area contributed by atoms with Crippen LogP contribution >= 0.6 is 0 Å². The molecule has 0 atom stereocenters. The molecule has 1 aliphatic heterocycles. The molecule has 7 heteroatoms. The minimum Gasteiger partial charge on any atom is -0.341 e. The van der Waals surface area contributed by atoms with Gasteiger partial charge in [0.2, 0.25) is 0 Å². The Morgan fingerprint density at radius 1 is 1.03 bits per heavy atom. The lowest BCUT2D eigenvalue weighted by Crippen LogP contribution is -2.36. The lowest BCUT2D eigenvalue weighted by molar-refractivity contribution is -0.124. The number of imidazole rings is 1. The summed E-state index contributed by atoms with van der Waals surface area (Å²) >= 11 is 0. The van der Waals surface area contributed by atoms with Gasteiger partial charge < -0.3 is 9.88 Å². The molecule has 0 bridgehead atoms. The van der Waals surface area contributed by atoms with Crippen LogP contribution in [-0.2, 0) is 11.2 Å². The fraction of sp³-hybridized carbons (Fsp3) is 0.240. The Hall–Kier alpha value is -3.71. The summed E-state index contributed by atoms with van der Waals surface area (Å²) in [5.74, 6) is 0.130. The zero-order valence-electron chi connectivity index (χ0n) is 17.8. The molecule has 2 heterocycles. The number of piperidine rings is 1. The molecule has 7 nitrogen and oxygen atoms in total. The van der Waals surface area contributed by atoms with Gasteiger partial charge >= 0.3 is 0 Å². The maximum absolute atomic E-state index is 13.2. The Kier molecular flexibility index (Phi) is 6.77. The number of nitrogens with one attached hydrogen (secondary N) is 2. The Labute approximate surface area is 186 Å². The van der Waals surface area contributed by atoms with Gasteiger partial charge in [-0.1, -0.05) is 54.6 Å². The number of aromatic amines is 1. The Bertz CT molecular complexity index is 1100. The second-order valence-electron chi connectivity index (χ2n) is 7.85.